The minimum absolute atomic E-state index is 0.114. The van der Waals surface area contributed by atoms with Gasteiger partial charge in [-0.05, 0) is 0 Å². The molecule has 0 radical (unpaired) electrons. The largest absolute Gasteiger partial charge is 0.458 e. The van der Waals surface area contributed by atoms with Crippen LogP contribution in [0.2, 0.25) is 0 Å². The van der Waals surface area contributed by atoms with Gasteiger partial charge in [0, 0.05) is 27.2 Å². The smallest absolute Gasteiger partial charge is 0.303 e. The number of carbonyl (C=O) groups is 3. The van der Waals surface area contributed by atoms with E-state index in [1.165, 1.54) is 20.8 Å². The van der Waals surface area contributed by atoms with E-state index in [-0.39, 0.29) is 6.42 Å². The van der Waals surface area contributed by atoms with Crippen molar-refractivity contribution >= 4 is 40.5 Å². The zero-order valence-electron chi connectivity index (χ0n) is 11.4. The molecule has 0 saturated heterocycles. The van der Waals surface area contributed by atoms with Crippen molar-refractivity contribution in [1.82, 2.24) is 0 Å². The summed E-state index contributed by atoms with van der Waals surface area (Å²) in [5.74, 6) is -1.71. The first-order valence-corrected chi connectivity index (χ1v) is 7.30. The number of ether oxygens (including phenoxy) is 3. The van der Waals surface area contributed by atoms with Crippen molar-refractivity contribution in [2.75, 3.05) is 0 Å². The lowest BCUT2D eigenvalue weighted by molar-refractivity contribution is -0.194. The maximum absolute atomic E-state index is 11.2. The van der Waals surface area contributed by atoms with Crippen LogP contribution in [0.15, 0.2) is 0 Å². The molecule has 1 aliphatic carbocycles. The normalized spacial score (nSPS) is 33.1. The molecule has 1 saturated carbocycles. The molecule has 0 heterocycles. The van der Waals surface area contributed by atoms with Gasteiger partial charge in [-0.1, -0.05) is 22.6 Å². The van der Waals surface area contributed by atoms with Crippen LogP contribution in [-0.2, 0) is 28.6 Å². The molecule has 0 aliphatic heterocycles. The number of esters is 3. The van der Waals surface area contributed by atoms with Gasteiger partial charge in [0.25, 0.3) is 0 Å². The van der Waals surface area contributed by atoms with Gasteiger partial charge in [0.15, 0.2) is 12.2 Å². The van der Waals surface area contributed by atoms with E-state index in [0.29, 0.717) is 0 Å². The molecule has 1 aliphatic rings. The Morgan fingerprint density at radius 3 is 1.85 bits per heavy atom. The molecular weight excluding hydrogens is 383 g/mol. The Bertz CT molecular complexity index is 397. The van der Waals surface area contributed by atoms with Crippen LogP contribution in [0.25, 0.3) is 0 Å². The number of alkyl halides is 1. The Kier molecular flexibility index (Phi) is 6.18. The Hall–Kier alpha value is -0.900. The molecule has 0 unspecified atom stereocenters. The fourth-order valence-electron chi connectivity index (χ4n) is 2.10. The minimum Gasteiger partial charge on any atom is -0.458 e. The highest BCUT2D eigenvalue weighted by molar-refractivity contribution is 14.1. The molecule has 0 aromatic carbocycles. The number of aliphatic hydroxyl groups excluding tert-OH is 1. The summed E-state index contributed by atoms with van der Waals surface area (Å²) in [5.41, 5.74) is 0. The molecule has 0 amide bonds. The summed E-state index contributed by atoms with van der Waals surface area (Å²) in [6.45, 7) is 3.65. The van der Waals surface area contributed by atoms with Gasteiger partial charge >= 0.3 is 17.9 Å². The monoisotopic (exact) mass is 400 g/mol. The molecule has 0 spiro atoms. The topological polar surface area (TPSA) is 99.1 Å². The summed E-state index contributed by atoms with van der Waals surface area (Å²) in [6, 6.07) is 0. The van der Waals surface area contributed by atoms with E-state index < -0.39 is 46.2 Å². The van der Waals surface area contributed by atoms with Crippen LogP contribution in [0, 0.1) is 0 Å². The van der Waals surface area contributed by atoms with Crippen molar-refractivity contribution in [3.63, 3.8) is 0 Å². The molecule has 1 fully saturated rings. The molecule has 20 heavy (non-hydrogen) atoms. The summed E-state index contributed by atoms with van der Waals surface area (Å²) < 4.78 is 14.9. The maximum atomic E-state index is 11.2. The second kappa shape index (κ2) is 7.21. The molecule has 114 valence electrons. The van der Waals surface area contributed by atoms with Gasteiger partial charge in [-0.25, -0.2) is 0 Å². The average Bonchev–Trinajstić information content (AvgIpc) is 2.28. The van der Waals surface area contributed by atoms with Crippen molar-refractivity contribution < 1.29 is 33.7 Å². The number of hydrogen-bond donors (Lipinski definition) is 1. The van der Waals surface area contributed by atoms with Crippen molar-refractivity contribution in [3.05, 3.63) is 0 Å². The lowest BCUT2D eigenvalue weighted by Crippen LogP contribution is -2.57. The number of halogens is 1. The van der Waals surface area contributed by atoms with Crippen LogP contribution in [0.4, 0.5) is 0 Å². The lowest BCUT2D eigenvalue weighted by Gasteiger charge is -2.41. The highest BCUT2D eigenvalue weighted by Crippen LogP contribution is 2.32. The van der Waals surface area contributed by atoms with Crippen molar-refractivity contribution in [2.45, 2.75) is 55.5 Å². The first-order valence-electron chi connectivity index (χ1n) is 6.06. The summed E-state index contributed by atoms with van der Waals surface area (Å²) in [6.07, 6.45) is -3.36. The summed E-state index contributed by atoms with van der Waals surface area (Å²) in [4.78, 5) is 33.5. The predicted molar refractivity (Wildman–Crippen MR) is 75.1 cm³/mol. The van der Waals surface area contributed by atoms with E-state index in [4.69, 9.17) is 14.2 Å². The van der Waals surface area contributed by atoms with Crippen LogP contribution in [0.1, 0.15) is 27.2 Å². The molecule has 1 rings (SSSR count). The van der Waals surface area contributed by atoms with Gasteiger partial charge in [-0.2, -0.15) is 0 Å². The van der Waals surface area contributed by atoms with Gasteiger partial charge in [0.2, 0.25) is 0 Å². The standard InChI is InChI=1S/C12H17IO7/c1-5(14)18-9-4-8(17)10(13)12(20-7(3)16)11(9)19-6(2)15/h8-12,17H,4H2,1-3H3/t8-,9-,10+,11-,12+/m1/s1. The van der Waals surface area contributed by atoms with E-state index in [9.17, 15) is 19.5 Å². The fourth-order valence-corrected chi connectivity index (χ4v) is 2.95. The van der Waals surface area contributed by atoms with Gasteiger partial charge in [-0.3, -0.25) is 14.4 Å². The summed E-state index contributed by atoms with van der Waals surface area (Å²) in [5, 5.41) is 9.97. The predicted octanol–water partition coefficient (Wildman–Crippen LogP) is 0.350. The molecule has 0 aromatic rings. The molecule has 0 aromatic heterocycles. The van der Waals surface area contributed by atoms with E-state index in [2.05, 4.69) is 0 Å². The second-order valence-electron chi connectivity index (χ2n) is 4.54. The Labute approximate surface area is 130 Å². The molecule has 8 heteroatoms. The number of carbonyl (C=O) groups excluding carboxylic acids is 3. The van der Waals surface area contributed by atoms with Crippen LogP contribution in [0.3, 0.4) is 0 Å². The third kappa shape index (κ3) is 4.58. The van der Waals surface area contributed by atoms with Crippen molar-refractivity contribution in [3.8, 4) is 0 Å². The van der Waals surface area contributed by atoms with Crippen LogP contribution in [0.5, 0.6) is 0 Å². The zero-order chi connectivity index (χ0) is 15.4. The van der Waals surface area contributed by atoms with Crippen LogP contribution in [-0.4, -0.2) is 51.4 Å². The van der Waals surface area contributed by atoms with E-state index >= 15 is 0 Å². The molecule has 1 N–H and O–H groups in total. The van der Waals surface area contributed by atoms with Crippen molar-refractivity contribution in [2.24, 2.45) is 0 Å². The SMILES string of the molecule is CC(=O)O[C@H]1[C@@H](I)[C@H](O)C[C@@H](OC(C)=O)[C@H]1OC(C)=O. The van der Waals surface area contributed by atoms with Gasteiger partial charge in [0.05, 0.1) is 10.0 Å². The summed E-state index contributed by atoms with van der Waals surface area (Å²) in [7, 11) is 0. The Balaban J connectivity index is 3.00. The zero-order valence-corrected chi connectivity index (χ0v) is 13.5. The number of aliphatic hydroxyl groups is 1. The molecule has 5 atom stereocenters. The number of rotatable bonds is 3. The first-order chi connectivity index (χ1) is 9.22. The molecule has 0 bridgehead atoms. The van der Waals surface area contributed by atoms with Crippen LogP contribution < -0.4 is 0 Å². The highest BCUT2D eigenvalue weighted by Gasteiger charge is 2.48. The Morgan fingerprint density at radius 1 is 0.950 bits per heavy atom. The highest BCUT2D eigenvalue weighted by atomic mass is 127. The summed E-state index contributed by atoms with van der Waals surface area (Å²) >= 11 is 1.92. The van der Waals surface area contributed by atoms with Gasteiger partial charge in [0.1, 0.15) is 6.10 Å². The third-order valence-electron chi connectivity index (χ3n) is 2.77. The first kappa shape index (κ1) is 17.2. The number of hydrogen-bond acceptors (Lipinski definition) is 7. The minimum atomic E-state index is -0.925. The van der Waals surface area contributed by atoms with Crippen molar-refractivity contribution in [1.29, 1.82) is 0 Å². The molecular formula is C12H17IO7. The van der Waals surface area contributed by atoms with E-state index in [1.54, 1.807) is 0 Å². The third-order valence-corrected chi connectivity index (χ3v) is 4.31. The van der Waals surface area contributed by atoms with Gasteiger partial charge in [-0.15, -0.1) is 0 Å². The fraction of sp³-hybridized carbons (Fsp3) is 0.750. The van der Waals surface area contributed by atoms with Crippen LogP contribution >= 0.6 is 22.6 Å². The lowest BCUT2D eigenvalue weighted by atomic mass is 9.89. The van der Waals surface area contributed by atoms with E-state index in [1.807, 2.05) is 22.6 Å². The second-order valence-corrected chi connectivity index (χ2v) is 5.98. The quantitative estimate of drug-likeness (QED) is 0.316. The Morgan fingerprint density at radius 2 is 1.40 bits per heavy atom. The van der Waals surface area contributed by atoms with Gasteiger partial charge < -0.3 is 19.3 Å². The average molecular weight is 400 g/mol. The maximum Gasteiger partial charge on any atom is 0.303 e. The van der Waals surface area contributed by atoms with E-state index in [0.717, 1.165) is 0 Å². The molecule has 7 nitrogen and oxygen atoms in total.